The van der Waals surface area contributed by atoms with Crippen molar-refractivity contribution < 1.29 is 4.57 Å². The van der Waals surface area contributed by atoms with E-state index in [1.165, 1.54) is 33.5 Å². The molecule has 3 aromatic rings. The average molecular weight is 373 g/mol. The zero-order valence-corrected chi connectivity index (χ0v) is 17.6. The first-order valence-electron chi connectivity index (χ1n) is 9.75. The number of anilines is 2. The van der Waals surface area contributed by atoms with Gasteiger partial charge in [-0.2, -0.15) is 4.57 Å². The average Bonchev–Trinajstić information content (AvgIpc) is 2.70. The summed E-state index contributed by atoms with van der Waals surface area (Å²) < 4.78 is 2.35. The SMILES string of the molecule is CC[n+]1c(/C=C/C=C/c2ccc(N(C)C)cc2)ccc2cc(N(C)C)ccc21. The molecule has 2 aromatic carbocycles. The summed E-state index contributed by atoms with van der Waals surface area (Å²) in [5.74, 6) is 0. The van der Waals surface area contributed by atoms with Gasteiger partial charge in [0, 0.05) is 63.2 Å². The van der Waals surface area contributed by atoms with Gasteiger partial charge in [0.2, 0.25) is 11.2 Å². The van der Waals surface area contributed by atoms with E-state index in [2.05, 4.69) is 128 Å². The van der Waals surface area contributed by atoms with Gasteiger partial charge in [0.15, 0.2) is 0 Å². The third-order valence-electron chi connectivity index (χ3n) is 4.96. The van der Waals surface area contributed by atoms with Crippen LogP contribution in [0, 0.1) is 0 Å². The third-order valence-corrected chi connectivity index (χ3v) is 4.96. The summed E-state index contributed by atoms with van der Waals surface area (Å²) in [6, 6.07) is 19.6. The number of aryl methyl sites for hydroxylation is 1. The Labute approximate surface area is 168 Å². The molecule has 3 rings (SSSR count). The van der Waals surface area contributed by atoms with Gasteiger partial charge >= 0.3 is 0 Å². The highest BCUT2D eigenvalue weighted by molar-refractivity contribution is 5.80. The van der Waals surface area contributed by atoms with E-state index >= 15 is 0 Å². The summed E-state index contributed by atoms with van der Waals surface area (Å²) in [5, 5.41) is 1.27. The minimum Gasteiger partial charge on any atom is -0.378 e. The normalized spacial score (nSPS) is 11.6. The topological polar surface area (TPSA) is 10.4 Å². The molecule has 0 saturated heterocycles. The van der Waals surface area contributed by atoms with Crippen molar-refractivity contribution in [1.29, 1.82) is 0 Å². The maximum Gasteiger partial charge on any atom is 0.213 e. The van der Waals surface area contributed by atoms with Crippen LogP contribution in [0.15, 0.2) is 66.7 Å². The Kier molecular flexibility index (Phi) is 6.15. The molecule has 28 heavy (non-hydrogen) atoms. The predicted octanol–water partition coefficient (Wildman–Crippen LogP) is 5.01. The first-order valence-corrected chi connectivity index (χ1v) is 9.75. The smallest absolute Gasteiger partial charge is 0.213 e. The molecule has 0 N–H and O–H groups in total. The van der Waals surface area contributed by atoms with Crippen molar-refractivity contribution in [2.24, 2.45) is 0 Å². The van der Waals surface area contributed by atoms with Crippen molar-refractivity contribution in [3.05, 3.63) is 78.0 Å². The van der Waals surface area contributed by atoms with Crippen LogP contribution in [0.2, 0.25) is 0 Å². The number of allylic oxidation sites excluding steroid dienone is 2. The monoisotopic (exact) mass is 372 g/mol. The largest absolute Gasteiger partial charge is 0.378 e. The van der Waals surface area contributed by atoms with Crippen LogP contribution in [0.3, 0.4) is 0 Å². The quantitative estimate of drug-likeness (QED) is 0.445. The van der Waals surface area contributed by atoms with Gasteiger partial charge in [0.05, 0.1) is 0 Å². The number of fused-ring (bicyclic) bond motifs is 1. The van der Waals surface area contributed by atoms with Crippen molar-refractivity contribution in [3.63, 3.8) is 0 Å². The second-order valence-corrected chi connectivity index (χ2v) is 7.34. The Morgan fingerprint density at radius 3 is 2.04 bits per heavy atom. The Morgan fingerprint density at radius 2 is 1.39 bits per heavy atom. The first kappa shape index (κ1) is 19.7. The lowest BCUT2D eigenvalue weighted by atomic mass is 10.1. The molecular weight excluding hydrogens is 342 g/mol. The van der Waals surface area contributed by atoms with Gasteiger partial charge in [-0.15, -0.1) is 0 Å². The highest BCUT2D eigenvalue weighted by Crippen LogP contribution is 2.19. The summed E-state index contributed by atoms with van der Waals surface area (Å²) in [6.45, 7) is 3.13. The van der Waals surface area contributed by atoms with Crippen LogP contribution in [0.1, 0.15) is 18.2 Å². The lowest BCUT2D eigenvalue weighted by Crippen LogP contribution is -2.36. The summed E-state index contributed by atoms with van der Waals surface area (Å²) >= 11 is 0. The highest BCUT2D eigenvalue weighted by atomic mass is 15.1. The zero-order valence-electron chi connectivity index (χ0n) is 17.6. The Morgan fingerprint density at radius 1 is 0.750 bits per heavy atom. The van der Waals surface area contributed by atoms with Crippen molar-refractivity contribution in [3.8, 4) is 0 Å². The predicted molar refractivity (Wildman–Crippen MR) is 123 cm³/mol. The molecule has 1 aromatic heterocycles. The minimum atomic E-state index is 0.939. The van der Waals surface area contributed by atoms with E-state index in [9.17, 15) is 0 Å². The number of pyridine rings is 1. The Hall–Kier alpha value is -3.07. The number of hydrogen-bond donors (Lipinski definition) is 0. The number of nitrogens with zero attached hydrogens (tertiary/aromatic N) is 3. The molecule has 3 heteroatoms. The van der Waals surface area contributed by atoms with Crippen LogP contribution < -0.4 is 14.4 Å². The molecule has 0 bridgehead atoms. The van der Waals surface area contributed by atoms with Crippen LogP contribution in [0.25, 0.3) is 23.1 Å². The van der Waals surface area contributed by atoms with E-state index in [1.807, 2.05) is 0 Å². The lowest BCUT2D eigenvalue weighted by molar-refractivity contribution is -0.669. The molecule has 0 saturated carbocycles. The van der Waals surface area contributed by atoms with Crippen molar-refractivity contribution in [1.82, 2.24) is 0 Å². The van der Waals surface area contributed by atoms with Crippen LogP contribution >= 0.6 is 0 Å². The maximum absolute atomic E-state index is 2.35. The van der Waals surface area contributed by atoms with E-state index in [-0.39, 0.29) is 0 Å². The van der Waals surface area contributed by atoms with Crippen LogP contribution in [-0.4, -0.2) is 28.2 Å². The molecule has 3 nitrogen and oxygen atoms in total. The molecular formula is C25H30N3+. The van der Waals surface area contributed by atoms with Crippen LogP contribution in [0.4, 0.5) is 11.4 Å². The first-order chi connectivity index (χ1) is 13.5. The molecule has 0 radical (unpaired) electrons. The molecule has 0 atom stereocenters. The lowest BCUT2D eigenvalue weighted by Gasteiger charge is -2.12. The van der Waals surface area contributed by atoms with E-state index in [0.717, 1.165) is 6.54 Å². The van der Waals surface area contributed by atoms with Gasteiger partial charge < -0.3 is 9.80 Å². The second-order valence-electron chi connectivity index (χ2n) is 7.34. The van der Waals surface area contributed by atoms with Gasteiger partial charge in [0.25, 0.3) is 0 Å². The zero-order chi connectivity index (χ0) is 20.1. The van der Waals surface area contributed by atoms with E-state index in [0.29, 0.717) is 0 Å². The molecule has 0 fully saturated rings. The fourth-order valence-electron chi connectivity index (χ4n) is 3.31. The molecule has 1 heterocycles. The van der Waals surface area contributed by atoms with Gasteiger partial charge in [-0.1, -0.05) is 30.4 Å². The summed E-state index contributed by atoms with van der Waals surface area (Å²) in [4.78, 5) is 4.25. The van der Waals surface area contributed by atoms with Crippen LogP contribution in [-0.2, 0) is 6.54 Å². The second kappa shape index (κ2) is 8.75. The van der Waals surface area contributed by atoms with Crippen molar-refractivity contribution >= 4 is 34.4 Å². The summed E-state index contributed by atoms with van der Waals surface area (Å²) in [5.41, 5.74) is 6.11. The molecule has 0 spiro atoms. The molecule has 0 aliphatic carbocycles. The molecule has 0 aliphatic heterocycles. The third kappa shape index (κ3) is 4.42. The van der Waals surface area contributed by atoms with Crippen LogP contribution in [0.5, 0.6) is 0 Å². The van der Waals surface area contributed by atoms with Crippen molar-refractivity contribution in [2.75, 3.05) is 38.0 Å². The summed E-state index contributed by atoms with van der Waals surface area (Å²) in [7, 11) is 8.27. The molecule has 144 valence electrons. The van der Waals surface area contributed by atoms with E-state index in [1.54, 1.807) is 0 Å². The number of hydrogen-bond acceptors (Lipinski definition) is 2. The number of benzene rings is 2. The maximum atomic E-state index is 2.35. The van der Waals surface area contributed by atoms with Gasteiger partial charge in [-0.3, -0.25) is 0 Å². The fraction of sp³-hybridized carbons (Fsp3) is 0.240. The minimum absolute atomic E-state index is 0.939. The van der Waals surface area contributed by atoms with Gasteiger partial charge in [-0.25, -0.2) is 0 Å². The van der Waals surface area contributed by atoms with E-state index < -0.39 is 0 Å². The molecule has 0 unspecified atom stereocenters. The molecule has 0 aliphatic rings. The number of aromatic nitrogens is 1. The summed E-state index contributed by atoms with van der Waals surface area (Å²) in [6.07, 6.45) is 8.52. The van der Waals surface area contributed by atoms with Gasteiger partial charge in [0.1, 0.15) is 6.54 Å². The van der Waals surface area contributed by atoms with Gasteiger partial charge in [-0.05, 0) is 42.8 Å². The Bertz CT molecular complexity index is 996. The number of rotatable bonds is 6. The van der Waals surface area contributed by atoms with Crippen molar-refractivity contribution in [2.45, 2.75) is 13.5 Å². The fourth-order valence-corrected chi connectivity index (χ4v) is 3.31. The molecule has 0 amide bonds. The Balaban J connectivity index is 1.82. The highest BCUT2D eigenvalue weighted by Gasteiger charge is 2.12. The van der Waals surface area contributed by atoms with E-state index in [4.69, 9.17) is 0 Å². The standard InChI is InChI=1S/C25H30N3/c1-6-28-23(16-13-21-19-24(27(4)5)17-18-25(21)28)10-8-7-9-20-11-14-22(15-12-20)26(2)3/h7-19H,6H2,1-5H3/q+1.